The Labute approximate surface area is 167 Å². The highest BCUT2D eigenvalue weighted by molar-refractivity contribution is 6.83. The monoisotopic (exact) mass is 396 g/mol. The van der Waals surface area contributed by atoms with Crippen molar-refractivity contribution in [2.45, 2.75) is 45.2 Å². The van der Waals surface area contributed by atoms with Crippen molar-refractivity contribution < 1.29 is 4.79 Å². The predicted octanol–water partition coefficient (Wildman–Crippen LogP) is 3.98. The molecule has 0 aromatic heterocycles. The number of carbonyl (C=O) groups is 1. The number of nitrogens with two attached hydrogens (primary N) is 1. The minimum absolute atomic E-state index is 0.0372. The molecule has 1 amide bonds. The minimum atomic E-state index is -1.43. The fraction of sp³-hybridized carbons (Fsp3) is 0.318. The lowest BCUT2D eigenvalue weighted by atomic mass is 10.0. The van der Waals surface area contributed by atoms with Crippen molar-refractivity contribution in [1.82, 2.24) is 4.90 Å². The molecule has 1 unspecified atom stereocenters. The van der Waals surface area contributed by atoms with Gasteiger partial charge in [0.25, 0.3) is 0 Å². The average molecular weight is 397 g/mol. The van der Waals surface area contributed by atoms with Crippen molar-refractivity contribution in [1.29, 1.82) is 0 Å². The number of fused-ring (bicyclic) bond motifs is 1. The first-order valence-corrected chi connectivity index (χ1v) is 13.0. The number of carbonyl (C=O) groups excluding carboxylic acids is 1. The third-order valence-corrected chi connectivity index (χ3v) is 5.77. The van der Waals surface area contributed by atoms with Gasteiger partial charge in [-0.05, 0) is 35.2 Å². The number of halogens is 1. The van der Waals surface area contributed by atoms with Crippen LogP contribution < -0.4 is 5.73 Å². The molecule has 0 saturated heterocycles. The van der Waals surface area contributed by atoms with Crippen molar-refractivity contribution in [2.75, 3.05) is 0 Å². The van der Waals surface area contributed by atoms with Crippen molar-refractivity contribution in [3.63, 3.8) is 0 Å². The minimum Gasteiger partial charge on any atom is -0.333 e. The van der Waals surface area contributed by atoms with E-state index in [0.717, 1.165) is 11.1 Å². The lowest BCUT2D eigenvalue weighted by Crippen LogP contribution is -2.42. The second-order valence-corrected chi connectivity index (χ2v) is 13.2. The van der Waals surface area contributed by atoms with Crippen LogP contribution in [0.3, 0.4) is 0 Å². The smallest absolute Gasteiger partial charge is 0.240 e. The number of nitrogens with zero attached hydrogens (tertiary/aromatic N) is 1. The van der Waals surface area contributed by atoms with Crippen LogP contribution in [0.2, 0.25) is 24.7 Å². The number of amides is 1. The quantitative estimate of drug-likeness (QED) is 0.630. The molecule has 0 aliphatic carbocycles. The Balaban J connectivity index is 1.66. The summed E-state index contributed by atoms with van der Waals surface area (Å²) in [6.45, 7) is 7.87. The first-order chi connectivity index (χ1) is 12.7. The van der Waals surface area contributed by atoms with Gasteiger partial charge < -0.3 is 10.6 Å². The Hall–Kier alpha value is -2.06. The van der Waals surface area contributed by atoms with Gasteiger partial charge in [-0.1, -0.05) is 67.5 Å². The summed E-state index contributed by atoms with van der Waals surface area (Å²) in [6.07, 6.45) is 0.423. The molecule has 3 rings (SSSR count). The van der Waals surface area contributed by atoms with E-state index in [1.165, 1.54) is 11.1 Å². The molecule has 5 heteroatoms. The first kappa shape index (κ1) is 19.7. The van der Waals surface area contributed by atoms with Crippen molar-refractivity contribution in [3.8, 4) is 11.5 Å². The maximum absolute atomic E-state index is 12.7. The van der Waals surface area contributed by atoms with Gasteiger partial charge in [0.15, 0.2) is 0 Å². The summed E-state index contributed by atoms with van der Waals surface area (Å²) in [6, 6.07) is 13.3. The molecule has 3 nitrogen and oxygen atoms in total. The van der Waals surface area contributed by atoms with Crippen LogP contribution in [-0.2, 0) is 24.3 Å². The third kappa shape index (κ3) is 5.01. The molecule has 140 valence electrons. The Morgan fingerprint density at radius 1 is 1.19 bits per heavy atom. The Morgan fingerprint density at radius 3 is 2.37 bits per heavy atom. The molecule has 2 N–H and O–H groups in total. The third-order valence-electron chi connectivity index (χ3n) is 4.54. The zero-order valence-electron chi connectivity index (χ0n) is 16.1. The van der Waals surface area contributed by atoms with Crippen molar-refractivity contribution >= 4 is 25.6 Å². The summed E-state index contributed by atoms with van der Waals surface area (Å²) in [7, 11) is -1.43. The van der Waals surface area contributed by atoms with Gasteiger partial charge in [-0.25, -0.2) is 0 Å². The normalized spacial score (nSPS) is 14.3. The molecule has 2 aromatic carbocycles. The summed E-state index contributed by atoms with van der Waals surface area (Å²) in [5, 5.41) is 0.616. The molecule has 0 spiro atoms. The van der Waals surface area contributed by atoms with Gasteiger partial charge in [-0.15, -0.1) is 5.54 Å². The number of hydrogen-bond acceptors (Lipinski definition) is 2. The maximum Gasteiger partial charge on any atom is 0.240 e. The van der Waals surface area contributed by atoms with Gasteiger partial charge in [0.05, 0.1) is 6.04 Å². The van der Waals surface area contributed by atoms with E-state index in [0.29, 0.717) is 24.5 Å². The molecule has 1 aliphatic rings. The van der Waals surface area contributed by atoms with Crippen LogP contribution in [0.5, 0.6) is 0 Å². The number of hydrogen-bond donors (Lipinski definition) is 1. The van der Waals surface area contributed by atoms with Crippen LogP contribution in [0.15, 0.2) is 42.5 Å². The standard InChI is InChI=1S/C22H25ClN2OSi/c1-27(2,3)11-10-16-8-9-17(20(23)12-16)13-21(24)22(26)25-14-18-6-4-5-7-19(18)15-25/h4-9,12,21H,13-15,24H2,1-3H3. The van der Waals surface area contributed by atoms with E-state index in [-0.39, 0.29) is 5.91 Å². The lowest BCUT2D eigenvalue weighted by Gasteiger charge is -2.20. The summed E-state index contributed by atoms with van der Waals surface area (Å²) in [4.78, 5) is 14.6. The van der Waals surface area contributed by atoms with E-state index < -0.39 is 14.1 Å². The Kier molecular flexibility index (Phi) is 5.76. The summed E-state index contributed by atoms with van der Waals surface area (Å²) in [5.74, 6) is 3.17. The fourth-order valence-electron chi connectivity index (χ4n) is 3.10. The molecule has 2 aromatic rings. The number of rotatable bonds is 3. The highest BCUT2D eigenvalue weighted by Gasteiger charge is 2.27. The van der Waals surface area contributed by atoms with E-state index in [1.807, 2.05) is 35.2 Å². The van der Waals surface area contributed by atoms with Gasteiger partial charge in [0, 0.05) is 23.7 Å². The molecular weight excluding hydrogens is 372 g/mol. The van der Waals surface area contributed by atoms with Crippen molar-refractivity contribution in [3.05, 3.63) is 69.7 Å². The zero-order valence-corrected chi connectivity index (χ0v) is 17.8. The first-order valence-electron chi connectivity index (χ1n) is 9.16. The van der Waals surface area contributed by atoms with Crippen LogP contribution in [0.25, 0.3) is 0 Å². The average Bonchev–Trinajstić information content (AvgIpc) is 3.04. The predicted molar refractivity (Wildman–Crippen MR) is 114 cm³/mol. The molecule has 0 bridgehead atoms. The van der Waals surface area contributed by atoms with Gasteiger partial charge in [-0.2, -0.15) is 0 Å². The summed E-state index contributed by atoms with van der Waals surface area (Å²) >= 11 is 6.42. The summed E-state index contributed by atoms with van der Waals surface area (Å²) < 4.78 is 0. The van der Waals surface area contributed by atoms with E-state index in [4.69, 9.17) is 17.3 Å². The highest BCUT2D eigenvalue weighted by Crippen LogP contribution is 2.24. The van der Waals surface area contributed by atoms with Gasteiger partial charge in [0.1, 0.15) is 8.07 Å². The SMILES string of the molecule is C[Si](C)(C)C#Cc1ccc(CC(N)C(=O)N2Cc3ccccc3C2)c(Cl)c1. The summed E-state index contributed by atoms with van der Waals surface area (Å²) in [5.41, 5.74) is 13.7. The molecule has 0 saturated carbocycles. The fourth-order valence-corrected chi connectivity index (χ4v) is 3.88. The van der Waals surface area contributed by atoms with E-state index >= 15 is 0 Å². The molecule has 27 heavy (non-hydrogen) atoms. The molecule has 0 radical (unpaired) electrons. The Morgan fingerprint density at radius 2 is 1.81 bits per heavy atom. The molecule has 0 fully saturated rings. The van der Waals surface area contributed by atoms with Crippen LogP contribution >= 0.6 is 11.6 Å². The second-order valence-electron chi connectivity index (χ2n) is 8.08. The van der Waals surface area contributed by atoms with Gasteiger partial charge in [0.2, 0.25) is 5.91 Å². The maximum atomic E-state index is 12.7. The number of benzene rings is 2. The van der Waals surface area contributed by atoms with Gasteiger partial charge >= 0.3 is 0 Å². The largest absolute Gasteiger partial charge is 0.333 e. The molecular formula is C22H25ClN2OSi. The molecule has 1 aliphatic heterocycles. The zero-order chi connectivity index (χ0) is 19.6. The van der Waals surface area contributed by atoms with Crippen LogP contribution in [0.1, 0.15) is 22.3 Å². The topological polar surface area (TPSA) is 46.3 Å². The Bertz CT molecular complexity index is 899. The molecule has 1 heterocycles. The van der Waals surface area contributed by atoms with E-state index in [9.17, 15) is 4.79 Å². The van der Waals surface area contributed by atoms with Gasteiger partial charge in [-0.3, -0.25) is 4.79 Å². The highest BCUT2D eigenvalue weighted by atomic mass is 35.5. The van der Waals surface area contributed by atoms with Crippen molar-refractivity contribution in [2.24, 2.45) is 5.73 Å². The molecule has 1 atom stereocenters. The second kappa shape index (κ2) is 7.90. The van der Waals surface area contributed by atoms with Crippen LogP contribution in [-0.4, -0.2) is 24.9 Å². The van der Waals surface area contributed by atoms with E-state index in [1.54, 1.807) is 0 Å². The lowest BCUT2D eigenvalue weighted by molar-refractivity contribution is -0.133. The van der Waals surface area contributed by atoms with Crippen LogP contribution in [0.4, 0.5) is 0 Å². The van der Waals surface area contributed by atoms with Crippen LogP contribution in [0, 0.1) is 11.5 Å². The van der Waals surface area contributed by atoms with E-state index in [2.05, 4.69) is 43.2 Å².